The number of hydrogen-bond acceptors (Lipinski definition) is 5. The Bertz CT molecular complexity index is 1620. The molecule has 41 heavy (non-hydrogen) atoms. The molecule has 6 heteroatoms. The van der Waals surface area contributed by atoms with E-state index in [9.17, 15) is 5.11 Å². The molecule has 1 N–H and O–H groups in total. The van der Waals surface area contributed by atoms with Crippen LogP contribution in [0.2, 0.25) is 0 Å². The number of para-hydroxylation sites is 1. The molecule has 0 saturated heterocycles. The van der Waals surface area contributed by atoms with Gasteiger partial charge in [0, 0.05) is 44.6 Å². The molecule has 0 atom stereocenters. The van der Waals surface area contributed by atoms with Crippen LogP contribution in [0.5, 0.6) is 17.4 Å². The van der Waals surface area contributed by atoms with Gasteiger partial charge >= 0.3 is 0 Å². The molecule has 0 aliphatic rings. The summed E-state index contributed by atoms with van der Waals surface area (Å²) in [5, 5.41) is 10.7. The zero-order valence-corrected chi connectivity index (χ0v) is 26.4. The molecule has 212 valence electrons. The van der Waals surface area contributed by atoms with Gasteiger partial charge in [0.25, 0.3) is 0 Å². The predicted octanol–water partition coefficient (Wildman–Crippen LogP) is 8.76. The predicted molar refractivity (Wildman–Crippen MR) is 161 cm³/mol. The van der Waals surface area contributed by atoms with Gasteiger partial charge in [0.1, 0.15) is 5.75 Å². The van der Waals surface area contributed by atoms with Gasteiger partial charge < -0.3 is 9.84 Å². The number of ether oxygens (including phenoxy) is 1. The zero-order chi connectivity index (χ0) is 28.5. The number of benzene rings is 3. The van der Waals surface area contributed by atoms with Gasteiger partial charge in [-0.15, -0.1) is 23.8 Å². The monoisotopic (exact) mass is 723 g/mol. The largest absolute Gasteiger partial charge is 0.507 e. The summed E-state index contributed by atoms with van der Waals surface area (Å²) in [7, 11) is 0. The van der Waals surface area contributed by atoms with E-state index in [-0.39, 0.29) is 37.6 Å². The van der Waals surface area contributed by atoms with Crippen LogP contribution in [0, 0.1) is 6.07 Å². The van der Waals surface area contributed by atoms with Crippen molar-refractivity contribution >= 4 is 0 Å². The second-order valence-electron chi connectivity index (χ2n) is 12.0. The Morgan fingerprint density at radius 1 is 0.707 bits per heavy atom. The first-order chi connectivity index (χ1) is 19.0. The van der Waals surface area contributed by atoms with Gasteiger partial charge in [-0.2, -0.15) is 0 Å². The molecule has 0 spiro atoms. The Kier molecular flexibility index (Phi) is 8.79. The van der Waals surface area contributed by atoms with E-state index in [2.05, 4.69) is 70.8 Å². The molecule has 0 aliphatic carbocycles. The van der Waals surface area contributed by atoms with Gasteiger partial charge in [-0.1, -0.05) is 77.9 Å². The fraction of sp³-hybridized carbons (Fsp3) is 0.229. The van der Waals surface area contributed by atoms with Crippen molar-refractivity contribution in [2.45, 2.75) is 52.4 Å². The quantitative estimate of drug-likeness (QED) is 0.184. The first-order valence-corrected chi connectivity index (χ1v) is 13.4. The number of pyridine rings is 1. The van der Waals surface area contributed by atoms with Crippen LogP contribution in [-0.4, -0.2) is 20.1 Å². The molecule has 5 rings (SSSR count). The van der Waals surface area contributed by atoms with Crippen LogP contribution >= 0.6 is 0 Å². The number of nitrogens with zero attached hydrogens (tertiary/aromatic N) is 3. The van der Waals surface area contributed by atoms with Gasteiger partial charge in [0.2, 0.25) is 5.88 Å². The SMILES string of the molecule is CC(C)(C)c1cc(-c2cc(-c3[c-]c(Oc4ccccn4)ccc3)nc(-c3ccccc3O)n2)cc(C(C)(C)C)c1.[Pt]. The molecule has 3 aromatic carbocycles. The van der Waals surface area contributed by atoms with Gasteiger partial charge in [0.15, 0.2) is 5.82 Å². The summed E-state index contributed by atoms with van der Waals surface area (Å²) in [5.74, 6) is 1.59. The number of aromatic hydroxyl groups is 1. The van der Waals surface area contributed by atoms with Gasteiger partial charge in [0.05, 0.1) is 11.3 Å². The van der Waals surface area contributed by atoms with Crippen LogP contribution in [0.25, 0.3) is 33.9 Å². The van der Waals surface area contributed by atoms with Crippen molar-refractivity contribution in [1.82, 2.24) is 15.0 Å². The van der Waals surface area contributed by atoms with Crippen molar-refractivity contribution in [3.05, 3.63) is 108 Å². The number of rotatable bonds is 5. The third-order valence-corrected chi connectivity index (χ3v) is 6.73. The van der Waals surface area contributed by atoms with Gasteiger partial charge in [-0.05, 0) is 58.0 Å². The molecule has 0 bridgehead atoms. The summed E-state index contributed by atoms with van der Waals surface area (Å²) in [6.45, 7) is 13.3. The first kappa shape index (κ1) is 30.1. The van der Waals surface area contributed by atoms with Crippen molar-refractivity contribution in [1.29, 1.82) is 0 Å². The molecule has 5 nitrogen and oxygen atoms in total. The van der Waals surface area contributed by atoms with Crippen LogP contribution in [0.15, 0.2) is 91.1 Å². The van der Waals surface area contributed by atoms with Crippen LogP contribution < -0.4 is 4.74 Å². The first-order valence-electron chi connectivity index (χ1n) is 13.4. The molecule has 0 radical (unpaired) electrons. The van der Waals surface area contributed by atoms with Crippen molar-refractivity contribution < 1.29 is 30.9 Å². The number of phenols is 1. The summed E-state index contributed by atoms with van der Waals surface area (Å²) in [4.78, 5) is 14.1. The van der Waals surface area contributed by atoms with Crippen LogP contribution in [0.4, 0.5) is 0 Å². The Labute approximate surface area is 257 Å². The zero-order valence-electron chi connectivity index (χ0n) is 24.2. The topological polar surface area (TPSA) is 68.1 Å². The van der Waals surface area contributed by atoms with E-state index >= 15 is 0 Å². The van der Waals surface area contributed by atoms with Crippen molar-refractivity contribution in [3.63, 3.8) is 0 Å². The molecule has 5 aromatic rings. The van der Waals surface area contributed by atoms with E-state index in [1.807, 2.05) is 48.5 Å². The Balaban J connectivity index is 0.00000387. The molecule has 2 aromatic heterocycles. The minimum Gasteiger partial charge on any atom is -0.507 e. The summed E-state index contributed by atoms with van der Waals surface area (Å²) < 4.78 is 5.95. The van der Waals surface area contributed by atoms with E-state index < -0.39 is 0 Å². The minimum absolute atomic E-state index is 0. The van der Waals surface area contributed by atoms with Crippen molar-refractivity contribution in [3.8, 4) is 51.3 Å². The minimum atomic E-state index is -0.0443. The fourth-order valence-corrected chi connectivity index (χ4v) is 4.33. The molecule has 0 aliphatic heterocycles. The van der Waals surface area contributed by atoms with E-state index in [0.29, 0.717) is 28.7 Å². The van der Waals surface area contributed by atoms with Crippen molar-refractivity contribution in [2.75, 3.05) is 0 Å². The average Bonchev–Trinajstić information content (AvgIpc) is 2.92. The number of hydrogen-bond donors (Lipinski definition) is 1. The van der Waals surface area contributed by atoms with Crippen LogP contribution in [0.3, 0.4) is 0 Å². The van der Waals surface area contributed by atoms with Crippen LogP contribution in [0.1, 0.15) is 52.7 Å². The third-order valence-electron chi connectivity index (χ3n) is 6.73. The summed E-state index contributed by atoms with van der Waals surface area (Å²) in [6, 6.07) is 30.4. The summed E-state index contributed by atoms with van der Waals surface area (Å²) >= 11 is 0. The Hall–Kier alpha value is -3.82. The standard InChI is InChI=1S/C35H34N3O2.Pt/c1-34(2,3)25-18-24(19-26(21-25)35(4,5)6)30-22-29(37-33(38-30)28-14-7-8-15-31(28)39)23-12-11-13-27(20-23)40-32-16-9-10-17-36-32;/h7-19,21-22,39H,1-6H3;/q-1;. The third kappa shape index (κ3) is 7.10. The Morgan fingerprint density at radius 3 is 2.00 bits per heavy atom. The summed E-state index contributed by atoms with van der Waals surface area (Å²) in [6.07, 6.45) is 1.69. The van der Waals surface area contributed by atoms with E-state index in [1.165, 1.54) is 11.1 Å². The maximum Gasteiger partial charge on any atom is 0.217 e. The molecule has 0 amide bonds. The fourth-order valence-electron chi connectivity index (χ4n) is 4.33. The van der Waals surface area contributed by atoms with Gasteiger partial charge in [-0.25, -0.2) is 9.97 Å². The number of phenolic OH excluding ortho intramolecular Hbond substituents is 1. The number of aromatic nitrogens is 3. The molecule has 2 heterocycles. The maximum atomic E-state index is 10.7. The second-order valence-corrected chi connectivity index (χ2v) is 12.0. The van der Waals surface area contributed by atoms with Crippen molar-refractivity contribution in [2.24, 2.45) is 0 Å². The molecule has 0 unspecified atom stereocenters. The normalized spacial score (nSPS) is 11.6. The molecule has 0 fully saturated rings. The molecular weight excluding hydrogens is 689 g/mol. The van der Waals surface area contributed by atoms with E-state index in [4.69, 9.17) is 14.7 Å². The average molecular weight is 724 g/mol. The van der Waals surface area contributed by atoms with Gasteiger partial charge in [-0.3, -0.25) is 4.98 Å². The molecule has 0 saturated carbocycles. The summed E-state index contributed by atoms with van der Waals surface area (Å²) in [5.41, 5.74) is 6.13. The van der Waals surface area contributed by atoms with E-state index in [1.54, 1.807) is 24.4 Å². The Morgan fingerprint density at radius 2 is 1.37 bits per heavy atom. The maximum absolute atomic E-state index is 10.7. The molecular formula is C35H34N3O2Pt-. The smallest absolute Gasteiger partial charge is 0.217 e. The van der Waals surface area contributed by atoms with E-state index in [0.717, 1.165) is 16.8 Å². The second kappa shape index (κ2) is 12.0. The van der Waals surface area contributed by atoms with Crippen LogP contribution in [-0.2, 0) is 31.9 Å².